The van der Waals surface area contributed by atoms with E-state index in [1.54, 1.807) is 0 Å². The van der Waals surface area contributed by atoms with Gasteiger partial charge in [0.2, 0.25) is 0 Å². The number of aryl methyl sites for hydroxylation is 1. The highest BCUT2D eigenvalue weighted by Gasteiger charge is 2.01. The fourth-order valence-corrected chi connectivity index (χ4v) is 1.33. The number of pyridine rings is 1. The minimum Gasteiger partial charge on any atom is -0.380 e. The van der Waals surface area contributed by atoms with Crippen LogP contribution in [0.25, 0.3) is 0 Å². The Bertz CT molecular complexity index is 289. The summed E-state index contributed by atoms with van der Waals surface area (Å²) in [6.45, 7) is 8.46. The van der Waals surface area contributed by atoms with Crippen LogP contribution in [-0.4, -0.2) is 24.2 Å². The van der Waals surface area contributed by atoms with Crippen LogP contribution in [0.2, 0.25) is 0 Å². The van der Waals surface area contributed by atoms with E-state index >= 15 is 0 Å². The Morgan fingerprint density at radius 3 is 2.93 bits per heavy atom. The van der Waals surface area contributed by atoms with Gasteiger partial charge in [0.15, 0.2) is 0 Å². The van der Waals surface area contributed by atoms with Gasteiger partial charge in [-0.3, -0.25) is 4.98 Å². The molecule has 1 atom stereocenters. The van der Waals surface area contributed by atoms with Crippen LogP contribution in [0.15, 0.2) is 18.2 Å². The maximum Gasteiger partial charge on any atom is 0.0616 e. The van der Waals surface area contributed by atoms with Gasteiger partial charge in [-0.25, -0.2) is 0 Å². The standard InChI is InChI=1S/C12H20N2O/c1-4-15-9-11(3)13-8-12-7-5-6-10(2)14-12/h5-7,11,13H,4,8-9H2,1-3H3. The molecule has 0 aliphatic heterocycles. The zero-order valence-corrected chi connectivity index (χ0v) is 9.79. The van der Waals surface area contributed by atoms with Crippen LogP contribution in [-0.2, 0) is 11.3 Å². The van der Waals surface area contributed by atoms with Gasteiger partial charge in [0.25, 0.3) is 0 Å². The normalized spacial score (nSPS) is 12.7. The lowest BCUT2D eigenvalue weighted by Gasteiger charge is -2.13. The predicted octanol–water partition coefficient (Wildman–Crippen LogP) is 1.90. The average Bonchev–Trinajstić information content (AvgIpc) is 2.23. The Labute approximate surface area is 91.9 Å². The number of rotatable bonds is 6. The summed E-state index contributed by atoms with van der Waals surface area (Å²) >= 11 is 0. The number of aromatic nitrogens is 1. The molecule has 15 heavy (non-hydrogen) atoms. The number of nitrogens with zero attached hydrogens (tertiary/aromatic N) is 1. The molecule has 0 amide bonds. The topological polar surface area (TPSA) is 34.1 Å². The van der Waals surface area contributed by atoms with Crippen molar-refractivity contribution in [1.29, 1.82) is 0 Å². The van der Waals surface area contributed by atoms with Crippen molar-refractivity contribution in [1.82, 2.24) is 10.3 Å². The van der Waals surface area contributed by atoms with E-state index in [2.05, 4.69) is 17.2 Å². The van der Waals surface area contributed by atoms with E-state index in [-0.39, 0.29) is 0 Å². The lowest BCUT2D eigenvalue weighted by Crippen LogP contribution is -2.30. The van der Waals surface area contributed by atoms with Crippen LogP contribution in [0.3, 0.4) is 0 Å². The van der Waals surface area contributed by atoms with E-state index < -0.39 is 0 Å². The molecule has 0 saturated heterocycles. The second-order valence-corrected chi connectivity index (χ2v) is 3.71. The average molecular weight is 208 g/mol. The maximum absolute atomic E-state index is 5.32. The van der Waals surface area contributed by atoms with Gasteiger partial charge < -0.3 is 10.1 Å². The third kappa shape index (κ3) is 4.91. The van der Waals surface area contributed by atoms with Crippen LogP contribution in [0, 0.1) is 6.92 Å². The molecule has 1 N–H and O–H groups in total. The third-order valence-corrected chi connectivity index (χ3v) is 2.15. The Kier molecular flexibility index (Phi) is 5.29. The van der Waals surface area contributed by atoms with Crippen molar-refractivity contribution in [3.63, 3.8) is 0 Å². The first-order valence-corrected chi connectivity index (χ1v) is 5.46. The lowest BCUT2D eigenvalue weighted by atomic mass is 10.3. The van der Waals surface area contributed by atoms with Crippen molar-refractivity contribution >= 4 is 0 Å². The molecule has 84 valence electrons. The molecule has 3 nitrogen and oxygen atoms in total. The third-order valence-electron chi connectivity index (χ3n) is 2.15. The molecule has 0 aromatic carbocycles. The van der Waals surface area contributed by atoms with Gasteiger partial charge in [0.05, 0.1) is 12.3 Å². The first kappa shape index (κ1) is 12.1. The van der Waals surface area contributed by atoms with E-state index in [0.29, 0.717) is 6.04 Å². The highest BCUT2D eigenvalue weighted by Crippen LogP contribution is 1.98. The smallest absolute Gasteiger partial charge is 0.0616 e. The van der Waals surface area contributed by atoms with E-state index in [9.17, 15) is 0 Å². The van der Waals surface area contributed by atoms with Gasteiger partial charge in [-0.15, -0.1) is 0 Å². The van der Waals surface area contributed by atoms with E-state index in [1.807, 2.05) is 32.0 Å². The highest BCUT2D eigenvalue weighted by atomic mass is 16.5. The second kappa shape index (κ2) is 6.53. The summed E-state index contributed by atoms with van der Waals surface area (Å²) in [7, 11) is 0. The van der Waals surface area contributed by atoms with Crippen LogP contribution in [0.5, 0.6) is 0 Å². The molecule has 1 unspecified atom stereocenters. The van der Waals surface area contributed by atoms with Crippen LogP contribution in [0.1, 0.15) is 25.2 Å². The fraction of sp³-hybridized carbons (Fsp3) is 0.583. The van der Waals surface area contributed by atoms with Crippen molar-refractivity contribution in [2.45, 2.75) is 33.4 Å². The molecular weight excluding hydrogens is 188 g/mol. The fourth-order valence-electron chi connectivity index (χ4n) is 1.33. The molecular formula is C12H20N2O. The van der Waals surface area contributed by atoms with E-state index in [4.69, 9.17) is 4.74 Å². The lowest BCUT2D eigenvalue weighted by molar-refractivity contribution is 0.127. The summed E-state index contributed by atoms with van der Waals surface area (Å²) in [5.41, 5.74) is 2.14. The van der Waals surface area contributed by atoms with Crippen LogP contribution < -0.4 is 5.32 Å². The summed E-state index contributed by atoms with van der Waals surface area (Å²) in [4.78, 5) is 4.42. The SMILES string of the molecule is CCOCC(C)NCc1cccc(C)n1. The van der Waals surface area contributed by atoms with Gasteiger partial charge in [-0.05, 0) is 32.9 Å². The highest BCUT2D eigenvalue weighted by molar-refractivity contribution is 5.09. The summed E-state index contributed by atoms with van der Waals surface area (Å²) < 4.78 is 5.32. The Morgan fingerprint density at radius 1 is 1.47 bits per heavy atom. The van der Waals surface area contributed by atoms with Crippen molar-refractivity contribution < 1.29 is 4.74 Å². The Hall–Kier alpha value is -0.930. The van der Waals surface area contributed by atoms with Crippen molar-refractivity contribution in [2.75, 3.05) is 13.2 Å². The van der Waals surface area contributed by atoms with Gasteiger partial charge >= 0.3 is 0 Å². The summed E-state index contributed by atoms with van der Waals surface area (Å²) in [6, 6.07) is 6.44. The first-order chi connectivity index (χ1) is 7.22. The molecule has 0 bridgehead atoms. The molecule has 0 aliphatic rings. The monoisotopic (exact) mass is 208 g/mol. The van der Waals surface area contributed by atoms with Crippen molar-refractivity contribution in [3.05, 3.63) is 29.6 Å². The van der Waals surface area contributed by atoms with Crippen LogP contribution >= 0.6 is 0 Å². The molecule has 3 heteroatoms. The molecule has 0 spiro atoms. The summed E-state index contributed by atoms with van der Waals surface area (Å²) in [5, 5.41) is 3.37. The molecule has 1 aromatic heterocycles. The molecule has 0 aliphatic carbocycles. The van der Waals surface area contributed by atoms with Gasteiger partial charge in [0, 0.05) is 24.9 Å². The minimum absolute atomic E-state index is 0.368. The Morgan fingerprint density at radius 2 is 2.27 bits per heavy atom. The number of hydrogen-bond acceptors (Lipinski definition) is 3. The molecule has 0 saturated carbocycles. The van der Waals surface area contributed by atoms with E-state index in [1.165, 1.54) is 0 Å². The zero-order chi connectivity index (χ0) is 11.1. The maximum atomic E-state index is 5.32. The second-order valence-electron chi connectivity index (χ2n) is 3.71. The number of hydrogen-bond donors (Lipinski definition) is 1. The van der Waals surface area contributed by atoms with E-state index in [0.717, 1.165) is 31.1 Å². The van der Waals surface area contributed by atoms with Crippen molar-refractivity contribution in [3.8, 4) is 0 Å². The van der Waals surface area contributed by atoms with Crippen molar-refractivity contribution in [2.24, 2.45) is 0 Å². The summed E-state index contributed by atoms with van der Waals surface area (Å²) in [5.74, 6) is 0. The van der Waals surface area contributed by atoms with Crippen LogP contribution in [0.4, 0.5) is 0 Å². The molecule has 0 radical (unpaired) electrons. The molecule has 1 rings (SSSR count). The first-order valence-electron chi connectivity index (χ1n) is 5.46. The molecule has 1 aromatic rings. The van der Waals surface area contributed by atoms with Gasteiger partial charge in [-0.1, -0.05) is 6.07 Å². The quantitative estimate of drug-likeness (QED) is 0.775. The Balaban J connectivity index is 2.30. The minimum atomic E-state index is 0.368. The molecule has 0 fully saturated rings. The van der Waals surface area contributed by atoms with Gasteiger partial charge in [0.1, 0.15) is 0 Å². The predicted molar refractivity (Wildman–Crippen MR) is 61.8 cm³/mol. The summed E-state index contributed by atoms with van der Waals surface area (Å²) in [6.07, 6.45) is 0. The largest absolute Gasteiger partial charge is 0.380 e. The zero-order valence-electron chi connectivity index (χ0n) is 9.79. The number of nitrogens with one attached hydrogen (secondary N) is 1. The number of ether oxygens (including phenoxy) is 1. The van der Waals surface area contributed by atoms with Gasteiger partial charge in [-0.2, -0.15) is 0 Å². The molecule has 1 heterocycles.